The van der Waals surface area contributed by atoms with E-state index in [2.05, 4.69) is 5.32 Å². The van der Waals surface area contributed by atoms with Crippen molar-refractivity contribution in [3.05, 3.63) is 102 Å². The van der Waals surface area contributed by atoms with Crippen LogP contribution in [-0.4, -0.2) is 52.0 Å². The van der Waals surface area contributed by atoms with Gasteiger partial charge in [0.25, 0.3) is 0 Å². The lowest BCUT2D eigenvalue weighted by atomic mass is 9.93. The van der Waals surface area contributed by atoms with E-state index in [0.717, 1.165) is 16.7 Å². The molecule has 0 fully saturated rings. The Morgan fingerprint density at radius 1 is 0.947 bits per heavy atom. The lowest BCUT2D eigenvalue weighted by Crippen LogP contribution is -2.55. The van der Waals surface area contributed by atoms with Crippen LogP contribution in [0.25, 0.3) is 0 Å². The standard InChI is InChI=1S/C29H30N2O6S/c1-36-28(33)25(16-17-38(35)24-14-6-3-7-15-24)30-27(32)26-18-22-12-8-9-13-23(22)19-31(26)29(34)37-20-21-10-4-2-5-11-21/h2-15,25-26H,16-20H2,1H3,(H,30,32)/t25-,26+,38-/m1/s1. The van der Waals surface area contributed by atoms with Gasteiger partial charge in [0.2, 0.25) is 5.91 Å². The SMILES string of the molecule is COC(=O)[C@@H](CC[S@@](=O)c1ccccc1)NC(=O)[C@@H]1Cc2ccccc2CN1C(=O)OCc1ccccc1. The fourth-order valence-electron chi connectivity index (χ4n) is 4.33. The molecule has 8 nitrogen and oxygen atoms in total. The number of amides is 2. The van der Waals surface area contributed by atoms with Crippen LogP contribution in [-0.2, 0) is 49.4 Å². The lowest BCUT2D eigenvalue weighted by Gasteiger charge is -2.35. The summed E-state index contributed by atoms with van der Waals surface area (Å²) >= 11 is 0. The van der Waals surface area contributed by atoms with Crippen LogP contribution in [0.5, 0.6) is 0 Å². The Morgan fingerprint density at radius 2 is 1.58 bits per heavy atom. The van der Waals surface area contributed by atoms with Gasteiger partial charge in [-0.3, -0.25) is 13.9 Å². The zero-order valence-electron chi connectivity index (χ0n) is 21.1. The molecule has 1 aliphatic heterocycles. The van der Waals surface area contributed by atoms with Gasteiger partial charge in [0.1, 0.15) is 18.7 Å². The van der Waals surface area contributed by atoms with E-state index in [-0.39, 0.29) is 31.7 Å². The number of nitrogens with zero attached hydrogens (tertiary/aromatic N) is 1. The van der Waals surface area contributed by atoms with Crippen molar-refractivity contribution in [1.82, 2.24) is 10.2 Å². The van der Waals surface area contributed by atoms with E-state index in [9.17, 15) is 18.6 Å². The summed E-state index contributed by atoms with van der Waals surface area (Å²) in [5.41, 5.74) is 2.70. The minimum Gasteiger partial charge on any atom is -0.467 e. The summed E-state index contributed by atoms with van der Waals surface area (Å²) in [5, 5.41) is 2.74. The highest BCUT2D eigenvalue weighted by Crippen LogP contribution is 2.25. The van der Waals surface area contributed by atoms with Gasteiger partial charge in [-0.05, 0) is 35.2 Å². The number of rotatable bonds is 9. The molecule has 0 saturated heterocycles. The average molecular weight is 535 g/mol. The lowest BCUT2D eigenvalue weighted by molar-refractivity contribution is -0.145. The van der Waals surface area contributed by atoms with Gasteiger partial charge in [-0.2, -0.15) is 0 Å². The molecule has 0 bridgehead atoms. The molecule has 3 aromatic rings. The summed E-state index contributed by atoms with van der Waals surface area (Å²) < 4.78 is 23.1. The number of ether oxygens (including phenoxy) is 2. The normalized spacial score (nSPS) is 16.0. The summed E-state index contributed by atoms with van der Waals surface area (Å²) in [6.45, 7) is 0.269. The number of esters is 1. The number of carbonyl (C=O) groups is 3. The Kier molecular flexibility index (Phi) is 9.26. The van der Waals surface area contributed by atoms with Crippen LogP contribution in [0, 0.1) is 0 Å². The topological polar surface area (TPSA) is 102 Å². The van der Waals surface area contributed by atoms with Gasteiger partial charge < -0.3 is 14.8 Å². The Hall–Kier alpha value is -3.98. The number of fused-ring (bicyclic) bond motifs is 1. The van der Waals surface area contributed by atoms with Crippen molar-refractivity contribution in [3.8, 4) is 0 Å². The number of benzene rings is 3. The van der Waals surface area contributed by atoms with Crippen molar-refractivity contribution >= 4 is 28.8 Å². The van der Waals surface area contributed by atoms with Crippen LogP contribution in [0.2, 0.25) is 0 Å². The second kappa shape index (κ2) is 13.0. The molecule has 1 heterocycles. The van der Waals surface area contributed by atoms with Gasteiger partial charge in [-0.1, -0.05) is 72.8 Å². The van der Waals surface area contributed by atoms with E-state index < -0.39 is 40.9 Å². The van der Waals surface area contributed by atoms with E-state index in [1.807, 2.05) is 60.7 Å². The average Bonchev–Trinajstić information content (AvgIpc) is 2.97. The molecule has 3 atom stereocenters. The zero-order valence-corrected chi connectivity index (χ0v) is 21.9. The summed E-state index contributed by atoms with van der Waals surface area (Å²) in [6.07, 6.45) is -0.239. The molecule has 0 aliphatic carbocycles. The minimum absolute atomic E-state index is 0.0717. The first-order valence-electron chi connectivity index (χ1n) is 12.3. The van der Waals surface area contributed by atoms with E-state index in [1.165, 1.54) is 12.0 Å². The first kappa shape index (κ1) is 27.1. The van der Waals surface area contributed by atoms with Crippen LogP contribution in [0.15, 0.2) is 89.8 Å². The predicted molar refractivity (Wildman–Crippen MR) is 142 cm³/mol. The number of methoxy groups -OCH3 is 1. The smallest absolute Gasteiger partial charge is 0.411 e. The maximum atomic E-state index is 13.5. The van der Waals surface area contributed by atoms with E-state index >= 15 is 0 Å². The quantitative estimate of drug-likeness (QED) is 0.421. The van der Waals surface area contributed by atoms with Crippen molar-refractivity contribution < 1.29 is 28.1 Å². The molecule has 2 amide bonds. The second-order valence-corrected chi connectivity index (χ2v) is 10.5. The molecule has 0 aromatic heterocycles. The highest BCUT2D eigenvalue weighted by molar-refractivity contribution is 7.85. The third-order valence-electron chi connectivity index (χ3n) is 6.39. The molecule has 1 aliphatic rings. The van der Waals surface area contributed by atoms with Crippen LogP contribution in [0.4, 0.5) is 4.79 Å². The minimum atomic E-state index is -1.35. The number of hydrogen-bond donors (Lipinski definition) is 1. The van der Waals surface area contributed by atoms with Crippen LogP contribution < -0.4 is 5.32 Å². The molecule has 0 radical (unpaired) electrons. The molecule has 198 valence electrons. The van der Waals surface area contributed by atoms with Gasteiger partial charge >= 0.3 is 12.1 Å². The monoisotopic (exact) mass is 534 g/mol. The van der Waals surface area contributed by atoms with Crippen LogP contribution in [0.3, 0.4) is 0 Å². The number of carbonyl (C=O) groups excluding carboxylic acids is 3. The molecule has 0 unspecified atom stereocenters. The highest BCUT2D eigenvalue weighted by atomic mass is 32.2. The fourth-order valence-corrected chi connectivity index (χ4v) is 5.47. The Labute approximate surface area is 224 Å². The van der Waals surface area contributed by atoms with Crippen molar-refractivity contribution in [3.63, 3.8) is 0 Å². The third kappa shape index (κ3) is 6.86. The molecule has 0 spiro atoms. The largest absolute Gasteiger partial charge is 0.467 e. The van der Waals surface area contributed by atoms with Crippen LogP contribution >= 0.6 is 0 Å². The maximum Gasteiger partial charge on any atom is 0.411 e. The van der Waals surface area contributed by atoms with Crippen molar-refractivity contribution in [1.29, 1.82) is 0 Å². The molecule has 4 rings (SSSR count). The molecular formula is C29H30N2O6S. The second-order valence-electron chi connectivity index (χ2n) is 8.89. The molecule has 3 aromatic carbocycles. The number of nitrogens with one attached hydrogen (secondary N) is 1. The Balaban J connectivity index is 1.48. The van der Waals surface area contributed by atoms with Gasteiger partial charge in [0.15, 0.2) is 0 Å². The van der Waals surface area contributed by atoms with E-state index in [0.29, 0.717) is 4.90 Å². The van der Waals surface area contributed by atoms with Gasteiger partial charge in [-0.25, -0.2) is 9.59 Å². The van der Waals surface area contributed by atoms with Crippen molar-refractivity contribution in [2.24, 2.45) is 0 Å². The Bertz CT molecular complexity index is 1280. The molecule has 0 saturated carbocycles. The number of hydrogen-bond acceptors (Lipinski definition) is 6. The fraction of sp³-hybridized carbons (Fsp3) is 0.276. The summed E-state index contributed by atoms with van der Waals surface area (Å²) in [5.74, 6) is -0.990. The van der Waals surface area contributed by atoms with E-state index in [4.69, 9.17) is 9.47 Å². The van der Waals surface area contributed by atoms with Gasteiger partial charge in [0.05, 0.1) is 24.5 Å². The first-order chi connectivity index (χ1) is 18.5. The highest BCUT2D eigenvalue weighted by Gasteiger charge is 2.37. The zero-order chi connectivity index (χ0) is 26.9. The third-order valence-corrected chi connectivity index (χ3v) is 7.80. The first-order valence-corrected chi connectivity index (χ1v) is 13.6. The molecule has 38 heavy (non-hydrogen) atoms. The van der Waals surface area contributed by atoms with Crippen molar-refractivity contribution in [2.45, 2.75) is 43.0 Å². The van der Waals surface area contributed by atoms with Gasteiger partial charge in [-0.15, -0.1) is 0 Å². The summed E-state index contributed by atoms with van der Waals surface area (Å²) in [7, 11) is -0.115. The molecule has 9 heteroatoms. The van der Waals surface area contributed by atoms with Crippen molar-refractivity contribution in [2.75, 3.05) is 12.9 Å². The Morgan fingerprint density at radius 3 is 2.26 bits per heavy atom. The molecule has 1 N–H and O–H groups in total. The maximum absolute atomic E-state index is 13.5. The predicted octanol–water partition coefficient (Wildman–Crippen LogP) is 3.61. The van der Waals surface area contributed by atoms with Gasteiger partial charge in [0, 0.05) is 17.1 Å². The van der Waals surface area contributed by atoms with E-state index in [1.54, 1.807) is 24.3 Å². The summed E-state index contributed by atoms with van der Waals surface area (Å²) in [4.78, 5) is 41.2. The summed E-state index contributed by atoms with van der Waals surface area (Å²) in [6, 6.07) is 23.9. The molecular weight excluding hydrogens is 504 g/mol. The van der Waals surface area contributed by atoms with Crippen LogP contribution in [0.1, 0.15) is 23.1 Å².